The number of esters is 2. The molecule has 11 nitrogen and oxygen atoms in total. The molecule has 0 aromatic rings. The molecule has 0 bridgehead atoms. The van der Waals surface area contributed by atoms with Crippen molar-refractivity contribution < 1.29 is 52.3 Å². The van der Waals surface area contributed by atoms with Crippen LogP contribution in [0.25, 0.3) is 0 Å². The summed E-state index contributed by atoms with van der Waals surface area (Å²) in [5.41, 5.74) is 0. The molecule has 27 heavy (non-hydrogen) atoms. The van der Waals surface area contributed by atoms with Crippen LogP contribution in [0.1, 0.15) is 27.7 Å². The summed E-state index contributed by atoms with van der Waals surface area (Å²) in [4.78, 5) is 45.2. The zero-order valence-corrected chi connectivity index (χ0v) is 15.9. The van der Waals surface area contributed by atoms with Gasteiger partial charge < -0.3 is 33.2 Å². The quantitative estimate of drug-likeness (QED) is 0.269. The molecule has 0 spiro atoms. The van der Waals surface area contributed by atoms with E-state index in [-0.39, 0.29) is 39.6 Å². The highest BCUT2D eigenvalue weighted by Gasteiger charge is 2.21. The summed E-state index contributed by atoms with van der Waals surface area (Å²) in [6.07, 6.45) is -4.13. The van der Waals surface area contributed by atoms with E-state index < -0.39 is 36.5 Å². The van der Waals surface area contributed by atoms with Gasteiger partial charge in [-0.15, -0.1) is 0 Å². The Morgan fingerprint density at radius 2 is 1.00 bits per heavy atom. The molecule has 2 unspecified atom stereocenters. The van der Waals surface area contributed by atoms with Gasteiger partial charge in [-0.1, -0.05) is 0 Å². The van der Waals surface area contributed by atoms with E-state index in [0.29, 0.717) is 0 Å². The molecular formula is C16H26O11. The maximum atomic E-state index is 11.5. The second-order valence-corrected chi connectivity index (χ2v) is 4.83. The second-order valence-electron chi connectivity index (χ2n) is 4.83. The van der Waals surface area contributed by atoms with Gasteiger partial charge in [-0.25, -0.2) is 19.2 Å². The molecule has 0 N–H and O–H groups in total. The van der Waals surface area contributed by atoms with E-state index in [9.17, 15) is 19.2 Å². The summed E-state index contributed by atoms with van der Waals surface area (Å²) in [7, 11) is 0. The zero-order chi connectivity index (χ0) is 20.7. The van der Waals surface area contributed by atoms with Gasteiger partial charge in [0.15, 0.2) is 12.2 Å². The van der Waals surface area contributed by atoms with Crippen LogP contribution >= 0.6 is 0 Å². The minimum Gasteiger partial charge on any atom is -0.461 e. The van der Waals surface area contributed by atoms with E-state index in [4.69, 9.17) is 14.2 Å². The fourth-order valence-corrected chi connectivity index (χ4v) is 1.43. The first-order chi connectivity index (χ1) is 12.8. The summed E-state index contributed by atoms with van der Waals surface area (Å²) in [5.74, 6) is -1.49. The third-order valence-corrected chi connectivity index (χ3v) is 2.68. The summed E-state index contributed by atoms with van der Waals surface area (Å²) in [5, 5.41) is 0. The normalized spacial score (nSPS) is 12.3. The Morgan fingerprint density at radius 3 is 1.33 bits per heavy atom. The van der Waals surface area contributed by atoms with Gasteiger partial charge in [-0.2, -0.15) is 0 Å². The van der Waals surface area contributed by atoms with E-state index >= 15 is 0 Å². The minimum atomic E-state index is -1.11. The molecule has 0 aliphatic heterocycles. The summed E-state index contributed by atoms with van der Waals surface area (Å²) in [6.45, 7) is 6.10. The molecule has 0 fully saturated rings. The Balaban J connectivity index is 3.73. The van der Waals surface area contributed by atoms with Crippen molar-refractivity contribution in [1.82, 2.24) is 0 Å². The van der Waals surface area contributed by atoms with E-state index in [0.717, 1.165) is 0 Å². The highest BCUT2D eigenvalue weighted by molar-refractivity contribution is 5.77. The summed E-state index contributed by atoms with van der Waals surface area (Å²) >= 11 is 0. The second kappa shape index (κ2) is 14.6. The van der Waals surface area contributed by atoms with Crippen LogP contribution in [0.4, 0.5) is 9.59 Å². The monoisotopic (exact) mass is 394 g/mol. The Bertz CT molecular complexity index is 435. The third-order valence-electron chi connectivity index (χ3n) is 2.68. The van der Waals surface area contributed by atoms with Gasteiger partial charge in [0.2, 0.25) is 0 Å². The largest absolute Gasteiger partial charge is 0.509 e. The van der Waals surface area contributed by atoms with Crippen LogP contribution < -0.4 is 0 Å². The van der Waals surface area contributed by atoms with Gasteiger partial charge in [0.1, 0.15) is 13.2 Å². The summed E-state index contributed by atoms with van der Waals surface area (Å²) < 4.78 is 33.2. The molecule has 0 aromatic carbocycles. The minimum absolute atomic E-state index is 0.0459. The predicted octanol–water partition coefficient (Wildman–Crippen LogP) is 1.21. The number of hydrogen-bond donors (Lipinski definition) is 0. The lowest BCUT2D eigenvalue weighted by atomic mass is 10.4. The van der Waals surface area contributed by atoms with Crippen molar-refractivity contribution in [3.05, 3.63) is 0 Å². The molecule has 0 aliphatic rings. The van der Waals surface area contributed by atoms with Crippen LogP contribution in [0.2, 0.25) is 0 Å². The molecule has 0 aromatic heterocycles. The maximum absolute atomic E-state index is 11.5. The van der Waals surface area contributed by atoms with Gasteiger partial charge in [0.25, 0.3) is 0 Å². The van der Waals surface area contributed by atoms with E-state index in [2.05, 4.69) is 18.9 Å². The van der Waals surface area contributed by atoms with Crippen LogP contribution in [0, 0.1) is 0 Å². The van der Waals surface area contributed by atoms with Crippen LogP contribution in [-0.4, -0.2) is 76.1 Å². The Morgan fingerprint density at radius 1 is 0.630 bits per heavy atom. The smallest absolute Gasteiger partial charge is 0.461 e. The van der Waals surface area contributed by atoms with E-state index in [1.54, 1.807) is 13.8 Å². The zero-order valence-electron chi connectivity index (χ0n) is 15.9. The first kappa shape index (κ1) is 24.4. The highest BCUT2D eigenvalue weighted by atomic mass is 16.7. The van der Waals surface area contributed by atoms with Crippen molar-refractivity contribution in [3.8, 4) is 0 Å². The number of carbonyl (C=O) groups excluding carboxylic acids is 4. The van der Waals surface area contributed by atoms with Crippen molar-refractivity contribution in [2.45, 2.75) is 39.9 Å². The molecule has 0 saturated heterocycles. The van der Waals surface area contributed by atoms with Gasteiger partial charge in [-0.05, 0) is 27.7 Å². The van der Waals surface area contributed by atoms with E-state index in [1.807, 2.05) is 0 Å². The molecular weight excluding hydrogens is 368 g/mol. The van der Waals surface area contributed by atoms with Crippen LogP contribution in [0.5, 0.6) is 0 Å². The van der Waals surface area contributed by atoms with Gasteiger partial charge in [0, 0.05) is 0 Å². The number of carbonyl (C=O) groups is 4. The molecule has 11 heteroatoms. The summed E-state index contributed by atoms with van der Waals surface area (Å²) in [6, 6.07) is 0. The first-order valence-corrected chi connectivity index (χ1v) is 8.39. The number of ether oxygens (including phenoxy) is 7. The molecule has 0 amide bonds. The fourth-order valence-electron chi connectivity index (χ4n) is 1.43. The lowest BCUT2D eigenvalue weighted by Crippen LogP contribution is -2.28. The van der Waals surface area contributed by atoms with Gasteiger partial charge in [-0.3, -0.25) is 0 Å². The van der Waals surface area contributed by atoms with Crippen LogP contribution in [0.3, 0.4) is 0 Å². The SMILES string of the molecule is CCOC(=O)OC(C)C(=O)OCCOCCOC(=O)C(C)OC(=O)OCC. The first-order valence-electron chi connectivity index (χ1n) is 8.39. The molecule has 0 saturated carbocycles. The molecule has 0 rings (SSSR count). The molecule has 156 valence electrons. The van der Waals surface area contributed by atoms with Crippen molar-refractivity contribution in [1.29, 1.82) is 0 Å². The van der Waals surface area contributed by atoms with Crippen molar-refractivity contribution >= 4 is 24.2 Å². The predicted molar refractivity (Wildman–Crippen MR) is 87.9 cm³/mol. The Hall–Kier alpha value is -2.56. The van der Waals surface area contributed by atoms with Crippen molar-refractivity contribution in [2.75, 3.05) is 39.6 Å². The fraction of sp³-hybridized carbons (Fsp3) is 0.750. The van der Waals surface area contributed by atoms with Crippen molar-refractivity contribution in [3.63, 3.8) is 0 Å². The Labute approximate surface area is 157 Å². The Kier molecular flexibility index (Phi) is 13.2. The molecule has 0 aliphatic carbocycles. The lowest BCUT2D eigenvalue weighted by Gasteiger charge is -2.13. The average molecular weight is 394 g/mol. The molecule has 0 heterocycles. The molecule has 2 atom stereocenters. The standard InChI is InChI=1S/C16H26O11/c1-5-22-15(19)26-11(3)13(17)24-9-7-21-8-10-25-14(18)12(4)27-16(20)23-6-2/h11-12H,5-10H2,1-4H3. The van der Waals surface area contributed by atoms with Crippen LogP contribution in [0.15, 0.2) is 0 Å². The van der Waals surface area contributed by atoms with Crippen LogP contribution in [-0.2, 0) is 42.7 Å². The molecule has 0 radical (unpaired) electrons. The highest BCUT2D eigenvalue weighted by Crippen LogP contribution is 1.99. The number of rotatable bonds is 12. The lowest BCUT2D eigenvalue weighted by molar-refractivity contribution is -0.157. The third kappa shape index (κ3) is 12.4. The average Bonchev–Trinajstić information content (AvgIpc) is 2.60. The van der Waals surface area contributed by atoms with Crippen molar-refractivity contribution in [2.24, 2.45) is 0 Å². The van der Waals surface area contributed by atoms with E-state index in [1.165, 1.54) is 13.8 Å². The van der Waals surface area contributed by atoms with Gasteiger partial charge in [0.05, 0.1) is 26.4 Å². The maximum Gasteiger partial charge on any atom is 0.509 e. The number of hydrogen-bond acceptors (Lipinski definition) is 11. The topological polar surface area (TPSA) is 133 Å². The van der Waals surface area contributed by atoms with Gasteiger partial charge >= 0.3 is 24.2 Å².